The van der Waals surface area contributed by atoms with E-state index in [1.165, 1.54) is 0 Å². The van der Waals surface area contributed by atoms with Crippen molar-refractivity contribution >= 4 is 77.7 Å². The summed E-state index contributed by atoms with van der Waals surface area (Å²) in [5, 5.41) is 0.924. The van der Waals surface area contributed by atoms with Crippen LogP contribution >= 0.6 is 66.7 Å². The number of nitrogens with zero attached hydrogens (tertiary/aromatic N) is 2. The minimum Gasteiger partial charge on any atom is -0.294 e. The van der Waals surface area contributed by atoms with Gasteiger partial charge in [-0.1, -0.05) is 39.1 Å². The Balaban J connectivity index is 2.36. The van der Waals surface area contributed by atoms with Gasteiger partial charge in [0.1, 0.15) is 5.82 Å². The summed E-state index contributed by atoms with van der Waals surface area (Å²) in [5.41, 5.74) is 2.52. The summed E-state index contributed by atoms with van der Waals surface area (Å²) in [5.74, 6) is 0.987. The topological polar surface area (TPSA) is 17.8 Å². The van der Waals surface area contributed by atoms with E-state index < -0.39 is 0 Å². The molecule has 0 N–H and O–H groups in total. The summed E-state index contributed by atoms with van der Waals surface area (Å²) in [6.45, 7) is 0. The van der Waals surface area contributed by atoms with Crippen LogP contribution in [0, 0.1) is 0 Å². The van der Waals surface area contributed by atoms with E-state index in [9.17, 15) is 0 Å². The Labute approximate surface area is 153 Å². The van der Waals surface area contributed by atoms with Gasteiger partial charge in [0.05, 0.1) is 32.6 Å². The van der Waals surface area contributed by atoms with Crippen LogP contribution in [0.4, 0.5) is 0 Å². The second-order valence-corrected chi connectivity index (χ2v) is 7.12. The summed E-state index contributed by atoms with van der Waals surface area (Å²) < 4.78 is 3.63. The fourth-order valence-corrected chi connectivity index (χ4v) is 3.53. The van der Waals surface area contributed by atoms with E-state index in [0.717, 1.165) is 25.7 Å². The number of rotatable bonds is 2. The highest BCUT2D eigenvalue weighted by molar-refractivity contribution is 9.10. The molecule has 0 bridgehead atoms. The van der Waals surface area contributed by atoms with Gasteiger partial charge in [-0.15, -0.1) is 11.6 Å². The molecule has 2 aromatic carbocycles. The van der Waals surface area contributed by atoms with E-state index >= 15 is 0 Å². The third kappa shape index (κ3) is 2.73. The number of fused-ring (bicyclic) bond motifs is 1. The molecule has 0 spiro atoms. The molecule has 0 fully saturated rings. The van der Waals surface area contributed by atoms with Crippen LogP contribution in [0.15, 0.2) is 39.3 Å². The molecule has 0 saturated carbocycles. The minimum atomic E-state index is 0.274. The molecule has 0 radical (unpaired) electrons. The highest BCUT2D eigenvalue weighted by Gasteiger charge is 2.17. The first-order valence-electron chi connectivity index (χ1n) is 5.89. The maximum absolute atomic E-state index is 6.39. The van der Waals surface area contributed by atoms with Gasteiger partial charge in [0.25, 0.3) is 0 Å². The molecular formula is C14H7Br2Cl3N2. The second kappa shape index (κ2) is 6.09. The lowest BCUT2D eigenvalue weighted by Crippen LogP contribution is -2.00. The monoisotopic (exact) mass is 466 g/mol. The number of hydrogen-bond acceptors (Lipinski definition) is 1. The third-order valence-corrected chi connectivity index (χ3v) is 5.55. The van der Waals surface area contributed by atoms with Gasteiger partial charge in [0.2, 0.25) is 0 Å². The van der Waals surface area contributed by atoms with Gasteiger partial charge in [0, 0.05) is 8.95 Å². The lowest BCUT2D eigenvalue weighted by Gasteiger charge is -2.12. The number of alkyl halides is 1. The molecular weight excluding hydrogens is 462 g/mol. The molecule has 0 amide bonds. The molecule has 2 nitrogen and oxygen atoms in total. The smallest absolute Gasteiger partial charge is 0.129 e. The highest BCUT2D eigenvalue weighted by Crippen LogP contribution is 2.37. The molecule has 7 heteroatoms. The van der Waals surface area contributed by atoms with E-state index in [1.54, 1.807) is 0 Å². The summed E-state index contributed by atoms with van der Waals surface area (Å²) in [4.78, 5) is 4.55. The lowest BCUT2D eigenvalue weighted by atomic mass is 10.2. The van der Waals surface area contributed by atoms with Crippen molar-refractivity contribution in [1.29, 1.82) is 0 Å². The van der Waals surface area contributed by atoms with Crippen LogP contribution in [-0.2, 0) is 5.88 Å². The minimum absolute atomic E-state index is 0.274. The summed E-state index contributed by atoms with van der Waals surface area (Å²) >= 11 is 25.5. The number of aromatic nitrogens is 2. The highest BCUT2D eigenvalue weighted by atomic mass is 79.9. The van der Waals surface area contributed by atoms with Gasteiger partial charge >= 0.3 is 0 Å². The van der Waals surface area contributed by atoms with Crippen molar-refractivity contribution in [3.63, 3.8) is 0 Å². The average molecular weight is 469 g/mol. The van der Waals surface area contributed by atoms with Crippen LogP contribution in [0.25, 0.3) is 16.7 Å². The molecule has 0 atom stereocenters. The Hall–Kier alpha value is -0.260. The zero-order chi connectivity index (χ0) is 15.1. The molecule has 0 unspecified atom stereocenters. The van der Waals surface area contributed by atoms with Gasteiger partial charge in [-0.05, 0) is 46.3 Å². The van der Waals surface area contributed by atoms with Crippen molar-refractivity contribution in [3.05, 3.63) is 55.1 Å². The van der Waals surface area contributed by atoms with Crippen LogP contribution in [0.2, 0.25) is 10.0 Å². The van der Waals surface area contributed by atoms with Crippen molar-refractivity contribution in [3.8, 4) is 5.69 Å². The molecule has 0 saturated heterocycles. The van der Waals surface area contributed by atoms with E-state index in [4.69, 9.17) is 34.8 Å². The SMILES string of the molecule is ClCc1nc2cc(Br)ccc2n1-c1ccc(Br)c(Cl)c1Cl. The molecule has 0 aliphatic rings. The molecule has 3 rings (SSSR count). The Kier molecular flexibility index (Phi) is 4.53. The molecule has 1 aromatic heterocycles. The molecule has 21 heavy (non-hydrogen) atoms. The second-order valence-electron chi connectivity index (χ2n) is 4.32. The molecule has 3 aromatic rings. The van der Waals surface area contributed by atoms with Gasteiger partial charge in [-0.3, -0.25) is 4.57 Å². The normalized spacial score (nSPS) is 11.3. The van der Waals surface area contributed by atoms with Gasteiger partial charge < -0.3 is 0 Å². The Morgan fingerprint density at radius 3 is 2.52 bits per heavy atom. The maximum Gasteiger partial charge on any atom is 0.129 e. The summed E-state index contributed by atoms with van der Waals surface area (Å²) in [6, 6.07) is 9.60. The molecule has 108 valence electrons. The first kappa shape index (κ1) is 15.6. The summed E-state index contributed by atoms with van der Waals surface area (Å²) in [7, 11) is 0. The van der Waals surface area contributed by atoms with Crippen molar-refractivity contribution in [2.24, 2.45) is 0 Å². The average Bonchev–Trinajstić information content (AvgIpc) is 2.82. The van der Waals surface area contributed by atoms with Crippen molar-refractivity contribution in [1.82, 2.24) is 9.55 Å². The third-order valence-electron chi connectivity index (χ3n) is 3.06. The number of hydrogen-bond donors (Lipinski definition) is 0. The lowest BCUT2D eigenvalue weighted by molar-refractivity contribution is 0.982. The first-order valence-corrected chi connectivity index (χ1v) is 8.77. The predicted molar refractivity (Wildman–Crippen MR) is 96.0 cm³/mol. The predicted octanol–water partition coefficient (Wildman–Crippen LogP) is 6.60. The van der Waals surface area contributed by atoms with Crippen LogP contribution in [0.5, 0.6) is 0 Å². The molecule has 1 heterocycles. The number of imidazole rings is 1. The van der Waals surface area contributed by atoms with E-state index in [1.807, 2.05) is 34.9 Å². The molecule has 0 aliphatic heterocycles. The van der Waals surface area contributed by atoms with Gasteiger partial charge in [-0.2, -0.15) is 0 Å². The van der Waals surface area contributed by atoms with Crippen LogP contribution in [-0.4, -0.2) is 9.55 Å². The van der Waals surface area contributed by atoms with Crippen LogP contribution in [0.1, 0.15) is 5.82 Å². The number of benzene rings is 2. The Bertz CT molecular complexity index is 846. The van der Waals surface area contributed by atoms with Crippen LogP contribution < -0.4 is 0 Å². The molecule has 0 aliphatic carbocycles. The van der Waals surface area contributed by atoms with E-state index in [0.29, 0.717) is 15.9 Å². The standard InChI is InChI=1S/C14H7Br2Cl3N2/c15-7-1-3-10-9(5-7)20-12(6-17)21(10)11-4-2-8(16)13(18)14(11)19/h1-5H,6H2. The van der Waals surface area contributed by atoms with Crippen molar-refractivity contribution in [2.75, 3.05) is 0 Å². The fourth-order valence-electron chi connectivity index (χ4n) is 2.15. The summed E-state index contributed by atoms with van der Waals surface area (Å²) in [6.07, 6.45) is 0. The largest absolute Gasteiger partial charge is 0.294 e. The zero-order valence-electron chi connectivity index (χ0n) is 10.4. The quantitative estimate of drug-likeness (QED) is 0.306. The van der Waals surface area contributed by atoms with E-state index in [2.05, 4.69) is 36.8 Å². The van der Waals surface area contributed by atoms with Crippen molar-refractivity contribution in [2.45, 2.75) is 5.88 Å². The fraction of sp³-hybridized carbons (Fsp3) is 0.0714. The first-order chi connectivity index (χ1) is 10.0. The maximum atomic E-state index is 6.39. The van der Waals surface area contributed by atoms with Gasteiger partial charge in [0.15, 0.2) is 0 Å². The number of halogens is 5. The Morgan fingerprint density at radius 2 is 1.81 bits per heavy atom. The van der Waals surface area contributed by atoms with Crippen LogP contribution in [0.3, 0.4) is 0 Å². The van der Waals surface area contributed by atoms with Crippen molar-refractivity contribution < 1.29 is 0 Å². The Morgan fingerprint density at radius 1 is 1.05 bits per heavy atom. The van der Waals surface area contributed by atoms with E-state index in [-0.39, 0.29) is 5.88 Å². The van der Waals surface area contributed by atoms with Gasteiger partial charge in [-0.25, -0.2) is 4.98 Å². The zero-order valence-corrected chi connectivity index (χ0v) is 15.8.